The van der Waals surface area contributed by atoms with Crippen LogP contribution in [0.15, 0.2) is 60.8 Å². The normalized spacial score (nSPS) is 9.60. The predicted molar refractivity (Wildman–Crippen MR) is 75.9 cm³/mol. The van der Waals surface area contributed by atoms with Crippen molar-refractivity contribution in [2.75, 3.05) is 0 Å². The van der Waals surface area contributed by atoms with E-state index in [9.17, 15) is 9.59 Å². The van der Waals surface area contributed by atoms with Crippen LogP contribution in [-0.4, -0.2) is 22.0 Å². The van der Waals surface area contributed by atoms with Crippen LogP contribution >= 0.6 is 0 Å². The summed E-state index contributed by atoms with van der Waals surface area (Å²) in [5.41, 5.74) is 6.11. The van der Waals surface area contributed by atoms with Crippen LogP contribution in [0.2, 0.25) is 0 Å². The number of amides is 1. The summed E-state index contributed by atoms with van der Waals surface area (Å²) >= 11 is 0. The topological polar surface area (TPSA) is 93.3 Å². The summed E-state index contributed by atoms with van der Waals surface area (Å²) in [6.07, 6.45) is 4.21. The van der Waals surface area contributed by atoms with Crippen molar-refractivity contribution in [1.29, 1.82) is 0 Å². The Bertz CT molecular complexity index is 581. The quantitative estimate of drug-likeness (QED) is 0.834. The second-order valence-corrected chi connectivity index (χ2v) is 3.66. The Hall–Kier alpha value is -2.95. The summed E-state index contributed by atoms with van der Waals surface area (Å²) in [5, 5.41) is 8.29. The van der Waals surface area contributed by atoms with E-state index in [1.54, 1.807) is 24.3 Å². The van der Waals surface area contributed by atoms with Crippen LogP contribution in [0.1, 0.15) is 16.1 Å². The maximum atomic E-state index is 10.4. The molecule has 1 heterocycles. The summed E-state index contributed by atoms with van der Waals surface area (Å²) in [5.74, 6) is -1.41. The van der Waals surface area contributed by atoms with E-state index in [-0.39, 0.29) is 0 Å². The van der Waals surface area contributed by atoms with Crippen molar-refractivity contribution in [3.63, 3.8) is 0 Å². The fourth-order valence-corrected chi connectivity index (χ4v) is 1.24. The maximum absolute atomic E-state index is 10.4. The molecule has 20 heavy (non-hydrogen) atoms. The first-order valence-corrected chi connectivity index (χ1v) is 5.76. The van der Waals surface area contributed by atoms with E-state index < -0.39 is 11.9 Å². The number of primary amides is 1. The average Bonchev–Trinajstić information content (AvgIpc) is 2.48. The smallest absolute Gasteiger partial charge is 0.328 e. The predicted octanol–water partition coefficient (Wildman–Crippen LogP) is 1.96. The molecule has 1 amide bonds. The molecule has 0 saturated carbocycles. The summed E-state index contributed by atoms with van der Waals surface area (Å²) in [6, 6.07) is 14.3. The molecule has 0 atom stereocenters. The van der Waals surface area contributed by atoms with Crippen molar-refractivity contribution < 1.29 is 14.7 Å². The van der Waals surface area contributed by atoms with Gasteiger partial charge >= 0.3 is 5.97 Å². The lowest BCUT2D eigenvalue weighted by Gasteiger charge is -1.88. The van der Waals surface area contributed by atoms with Crippen LogP contribution in [-0.2, 0) is 4.79 Å². The summed E-state index contributed by atoms with van der Waals surface area (Å²) in [6.45, 7) is 0. The number of nitrogens with zero attached hydrogens (tertiary/aromatic N) is 1. The summed E-state index contributed by atoms with van der Waals surface area (Å²) in [7, 11) is 0. The highest BCUT2D eigenvalue weighted by atomic mass is 16.4. The second kappa shape index (κ2) is 8.20. The maximum Gasteiger partial charge on any atom is 0.328 e. The van der Waals surface area contributed by atoms with E-state index in [4.69, 9.17) is 10.8 Å². The Morgan fingerprint density at radius 2 is 1.70 bits per heavy atom. The highest BCUT2D eigenvalue weighted by Crippen LogP contribution is 1.99. The molecule has 0 spiro atoms. The number of carbonyl (C=O) groups is 2. The molecular weight excluding hydrogens is 256 g/mol. The molecule has 0 aliphatic carbocycles. The van der Waals surface area contributed by atoms with Gasteiger partial charge < -0.3 is 10.8 Å². The van der Waals surface area contributed by atoms with Gasteiger partial charge in [0.2, 0.25) is 0 Å². The fourth-order valence-electron chi connectivity index (χ4n) is 1.24. The van der Waals surface area contributed by atoms with Gasteiger partial charge in [0, 0.05) is 12.3 Å². The molecule has 5 nitrogen and oxygen atoms in total. The number of rotatable bonds is 3. The molecule has 102 valence electrons. The molecule has 0 fully saturated rings. The molecule has 0 saturated heterocycles. The SMILES string of the molecule is NC(=O)c1ccccn1.O=C(O)/C=C/c1ccccc1. The van der Waals surface area contributed by atoms with Gasteiger partial charge in [-0.25, -0.2) is 4.79 Å². The molecule has 0 aliphatic rings. The number of carbonyl (C=O) groups excluding carboxylic acids is 1. The molecule has 0 bridgehead atoms. The van der Waals surface area contributed by atoms with E-state index in [0.29, 0.717) is 5.69 Å². The lowest BCUT2D eigenvalue weighted by Crippen LogP contribution is -2.12. The third-order valence-corrected chi connectivity index (χ3v) is 2.14. The lowest BCUT2D eigenvalue weighted by molar-refractivity contribution is -0.131. The molecule has 1 aromatic carbocycles. The first kappa shape index (κ1) is 15.1. The number of hydrogen-bond donors (Lipinski definition) is 2. The standard InChI is InChI=1S/C9H8O2.C6H6N2O/c10-9(11)7-6-8-4-2-1-3-5-8;7-6(9)5-3-1-2-4-8-5/h1-7H,(H,10,11);1-4H,(H2,7,9)/b7-6+;. The van der Waals surface area contributed by atoms with Crippen LogP contribution in [0.3, 0.4) is 0 Å². The average molecular weight is 270 g/mol. The third kappa shape index (κ3) is 6.11. The van der Waals surface area contributed by atoms with Gasteiger partial charge in [-0.2, -0.15) is 0 Å². The minimum absolute atomic E-state index is 0.303. The number of carboxylic acids is 1. The molecule has 0 aliphatic heterocycles. The molecule has 3 N–H and O–H groups in total. The monoisotopic (exact) mass is 270 g/mol. The van der Waals surface area contributed by atoms with Crippen molar-refractivity contribution in [2.24, 2.45) is 5.73 Å². The molecule has 1 aromatic heterocycles. The Balaban J connectivity index is 0.000000204. The van der Waals surface area contributed by atoms with Crippen molar-refractivity contribution in [3.8, 4) is 0 Å². The number of carboxylic acid groups (broad SMARTS) is 1. The Kier molecular flexibility index (Phi) is 6.20. The first-order chi connectivity index (χ1) is 9.59. The Morgan fingerprint density at radius 3 is 2.15 bits per heavy atom. The lowest BCUT2D eigenvalue weighted by atomic mass is 10.2. The number of benzene rings is 1. The highest BCUT2D eigenvalue weighted by molar-refractivity contribution is 5.90. The van der Waals surface area contributed by atoms with E-state index in [1.807, 2.05) is 30.3 Å². The number of hydrogen-bond acceptors (Lipinski definition) is 3. The molecule has 2 rings (SSSR count). The molecular formula is C15H14N2O3. The van der Waals surface area contributed by atoms with Crippen LogP contribution < -0.4 is 5.73 Å². The zero-order valence-electron chi connectivity index (χ0n) is 10.6. The van der Waals surface area contributed by atoms with E-state index >= 15 is 0 Å². The number of pyridine rings is 1. The largest absolute Gasteiger partial charge is 0.478 e. The van der Waals surface area contributed by atoms with Crippen LogP contribution in [0.25, 0.3) is 6.08 Å². The van der Waals surface area contributed by atoms with Crippen molar-refractivity contribution >= 4 is 18.0 Å². The molecule has 0 radical (unpaired) electrons. The number of aromatic nitrogens is 1. The zero-order chi connectivity index (χ0) is 14.8. The fraction of sp³-hybridized carbons (Fsp3) is 0. The summed E-state index contributed by atoms with van der Waals surface area (Å²) in [4.78, 5) is 24.2. The van der Waals surface area contributed by atoms with Gasteiger partial charge in [-0.1, -0.05) is 36.4 Å². The summed E-state index contributed by atoms with van der Waals surface area (Å²) < 4.78 is 0. The third-order valence-electron chi connectivity index (χ3n) is 2.14. The van der Waals surface area contributed by atoms with Gasteiger partial charge in [0.1, 0.15) is 5.69 Å². The Morgan fingerprint density at radius 1 is 1.05 bits per heavy atom. The molecule has 0 unspecified atom stereocenters. The van der Waals surface area contributed by atoms with E-state index in [2.05, 4.69) is 4.98 Å². The van der Waals surface area contributed by atoms with E-state index in [0.717, 1.165) is 11.6 Å². The van der Waals surface area contributed by atoms with E-state index in [1.165, 1.54) is 6.20 Å². The van der Waals surface area contributed by atoms with Crippen LogP contribution in [0, 0.1) is 0 Å². The van der Waals surface area contributed by atoms with Gasteiger partial charge in [0.15, 0.2) is 0 Å². The van der Waals surface area contributed by atoms with Crippen molar-refractivity contribution in [1.82, 2.24) is 4.98 Å². The Labute approximate surface area is 116 Å². The minimum Gasteiger partial charge on any atom is -0.478 e. The van der Waals surface area contributed by atoms with Gasteiger partial charge in [-0.3, -0.25) is 9.78 Å². The van der Waals surface area contributed by atoms with Crippen molar-refractivity contribution in [2.45, 2.75) is 0 Å². The first-order valence-electron chi connectivity index (χ1n) is 5.76. The zero-order valence-corrected chi connectivity index (χ0v) is 10.6. The highest BCUT2D eigenvalue weighted by Gasteiger charge is 1.96. The minimum atomic E-state index is -0.922. The molecule has 2 aromatic rings. The van der Waals surface area contributed by atoms with Gasteiger partial charge in [0.25, 0.3) is 5.91 Å². The van der Waals surface area contributed by atoms with Crippen LogP contribution in [0.5, 0.6) is 0 Å². The van der Waals surface area contributed by atoms with Crippen LogP contribution in [0.4, 0.5) is 0 Å². The van der Waals surface area contributed by atoms with Gasteiger partial charge in [-0.15, -0.1) is 0 Å². The van der Waals surface area contributed by atoms with Crippen molar-refractivity contribution in [3.05, 3.63) is 72.1 Å². The molecule has 5 heteroatoms. The number of nitrogens with two attached hydrogens (primary N) is 1. The second-order valence-electron chi connectivity index (χ2n) is 3.66. The van der Waals surface area contributed by atoms with Gasteiger partial charge in [-0.05, 0) is 23.8 Å². The van der Waals surface area contributed by atoms with Gasteiger partial charge in [0.05, 0.1) is 0 Å². The number of aliphatic carboxylic acids is 1.